The van der Waals surface area contributed by atoms with Crippen LogP contribution in [0.2, 0.25) is 0 Å². The minimum absolute atomic E-state index is 0. The van der Waals surface area contributed by atoms with E-state index >= 15 is 0 Å². The van der Waals surface area contributed by atoms with Crippen LogP contribution in [0.25, 0.3) is 11.1 Å². The van der Waals surface area contributed by atoms with E-state index in [0.29, 0.717) is 5.56 Å². The first-order chi connectivity index (χ1) is 28.4. The molecule has 1 unspecified atom stereocenters. The molecule has 1 radical (unpaired) electrons. The molecule has 0 aromatic heterocycles. The van der Waals surface area contributed by atoms with E-state index in [-0.39, 0.29) is 135 Å². The molecule has 2 aromatic rings. The molecule has 18 heteroatoms. The van der Waals surface area contributed by atoms with Crippen LogP contribution in [0.5, 0.6) is 5.75 Å². The fourth-order valence-corrected chi connectivity index (χ4v) is 9.43. The van der Waals surface area contributed by atoms with Gasteiger partial charge in [0.05, 0.1) is 13.2 Å². The Bertz CT molecular complexity index is 1830. The first kappa shape index (κ1) is 55.6. The van der Waals surface area contributed by atoms with Crippen LogP contribution in [0.3, 0.4) is 0 Å². The van der Waals surface area contributed by atoms with Gasteiger partial charge in [-0.05, 0) is 97.9 Å². The zero-order valence-corrected chi connectivity index (χ0v) is 41.5. The second kappa shape index (κ2) is 25.2. The van der Waals surface area contributed by atoms with Crippen molar-refractivity contribution in [3.8, 4) is 16.9 Å². The number of carboxylic acids is 3. The number of benzene rings is 2. The van der Waals surface area contributed by atoms with Crippen LogP contribution in [0, 0.1) is 92.3 Å². The third-order valence-corrected chi connectivity index (χ3v) is 12.3. The maximum atomic E-state index is 13.4. The fraction of sp³-hybridized carbons (Fsp3) is 0.636. The number of aryl methyl sites for hydroxylation is 5. The minimum Gasteiger partial charge on any atom is -0.480 e. The zero-order valence-electron chi connectivity index (χ0n) is 38.3. The van der Waals surface area contributed by atoms with Gasteiger partial charge in [-0.2, -0.15) is 0 Å². The van der Waals surface area contributed by atoms with Crippen molar-refractivity contribution >= 4 is 31.6 Å². The molecular weight excluding hydrogens is 963 g/mol. The van der Waals surface area contributed by atoms with Crippen LogP contribution in [0.1, 0.15) is 69.4 Å². The van der Waals surface area contributed by atoms with Gasteiger partial charge in [0.15, 0.2) is 0 Å². The molecule has 347 valence electrons. The molecule has 1 fully saturated rings. The van der Waals surface area contributed by atoms with E-state index < -0.39 is 49.8 Å². The van der Waals surface area contributed by atoms with Gasteiger partial charge < -0.3 is 25.2 Å². The Kier molecular flexibility index (Phi) is 22.6. The van der Waals surface area contributed by atoms with Crippen molar-refractivity contribution in [3.63, 3.8) is 0 Å². The number of carbonyl (C=O) groups excluding carboxylic acids is 1. The van der Waals surface area contributed by atoms with E-state index in [0.717, 1.165) is 27.8 Å². The van der Waals surface area contributed by atoms with Crippen LogP contribution < -0.4 is 9.84 Å². The molecule has 62 heavy (non-hydrogen) atoms. The molecule has 0 aliphatic carbocycles. The number of nitrogens with one attached hydrogen (secondary N) is 1. The van der Waals surface area contributed by atoms with Crippen LogP contribution in [0.4, 0.5) is 0 Å². The Hall–Kier alpha value is -2.57. The maximum absolute atomic E-state index is 13.4. The van der Waals surface area contributed by atoms with Gasteiger partial charge in [-0.3, -0.25) is 48.2 Å². The van der Waals surface area contributed by atoms with Crippen molar-refractivity contribution in [1.82, 2.24) is 24.9 Å². The summed E-state index contributed by atoms with van der Waals surface area (Å²) in [7, 11) is -4.59. The summed E-state index contributed by atoms with van der Waals surface area (Å²) >= 11 is 0. The summed E-state index contributed by atoms with van der Waals surface area (Å²) in [6.07, 6.45) is 0. The second-order valence-electron chi connectivity index (χ2n) is 17.4. The number of nitrogens with zero attached hydrogens (tertiary/aromatic N) is 4. The van der Waals surface area contributed by atoms with Crippen LogP contribution in [-0.4, -0.2) is 154 Å². The number of rotatable bonds is 18. The molecule has 1 aliphatic rings. The van der Waals surface area contributed by atoms with Crippen LogP contribution in [-0.2, 0) is 28.3 Å². The van der Waals surface area contributed by atoms with Crippen molar-refractivity contribution < 1.29 is 92.9 Å². The topological polar surface area (TPSA) is 210 Å². The smallest absolute Gasteiger partial charge is 0.480 e. The molecule has 5 N–H and O–H groups in total. The van der Waals surface area contributed by atoms with Gasteiger partial charge in [0.2, 0.25) is 5.91 Å². The zero-order chi connectivity index (χ0) is 45.9. The Morgan fingerprint density at radius 1 is 0.645 bits per heavy atom. The Morgan fingerprint density at radius 2 is 1.05 bits per heavy atom. The predicted octanol–water partition coefficient (Wildman–Crippen LogP) is 5.06. The maximum Gasteiger partial charge on any atom is 3.00 e. The normalized spacial score (nSPS) is 17.9. The molecule has 1 heterocycles. The molecule has 0 bridgehead atoms. The molecule has 4 atom stereocenters. The molecule has 0 saturated carbocycles. The SMILES string of the molecule is Cc1cc(C)c(-c2cc(C)c(OP(=O)(O)OCCNC(=O)CN3CCN([C@@H](C(=O)O)C(C)C)CCN([C@@H](C(=O)O)C(C)C)CCN([C@@H](C(=O)O)C(C)C)CC3)cc2C)c(C)c1.[Gd+3]. The van der Waals surface area contributed by atoms with Gasteiger partial charge in [0.1, 0.15) is 23.9 Å². The van der Waals surface area contributed by atoms with Crippen LogP contribution >= 0.6 is 7.82 Å². The van der Waals surface area contributed by atoms with Crippen molar-refractivity contribution in [3.05, 3.63) is 52.1 Å². The van der Waals surface area contributed by atoms with E-state index in [1.165, 1.54) is 5.56 Å². The quantitative estimate of drug-likeness (QED) is 0.0977. The van der Waals surface area contributed by atoms with Gasteiger partial charge in [0.25, 0.3) is 0 Å². The Labute approximate surface area is 400 Å². The molecule has 1 saturated heterocycles. The summed E-state index contributed by atoms with van der Waals surface area (Å²) in [6, 6.07) is 5.25. The van der Waals surface area contributed by atoms with Crippen LogP contribution in [0.15, 0.2) is 24.3 Å². The molecule has 1 amide bonds. The van der Waals surface area contributed by atoms with Crippen molar-refractivity contribution in [1.29, 1.82) is 0 Å². The summed E-state index contributed by atoms with van der Waals surface area (Å²) in [5.41, 5.74) is 7.03. The summed E-state index contributed by atoms with van der Waals surface area (Å²) in [5, 5.41) is 33.5. The number of hydrogen-bond donors (Lipinski definition) is 5. The summed E-state index contributed by atoms with van der Waals surface area (Å²) in [4.78, 5) is 68.9. The Balaban J connectivity index is 0.0000132. The van der Waals surface area contributed by atoms with Gasteiger partial charge in [-0.1, -0.05) is 59.2 Å². The van der Waals surface area contributed by atoms with Gasteiger partial charge in [-0.25, -0.2) is 4.57 Å². The molecular formula is C44H70GdN5O11P+3. The van der Waals surface area contributed by atoms with Crippen molar-refractivity contribution in [2.45, 2.75) is 94.3 Å². The number of carbonyl (C=O) groups is 4. The minimum atomic E-state index is -4.59. The van der Waals surface area contributed by atoms with E-state index in [1.54, 1.807) is 13.0 Å². The Morgan fingerprint density at radius 3 is 1.44 bits per heavy atom. The third kappa shape index (κ3) is 16.1. The van der Waals surface area contributed by atoms with Gasteiger partial charge in [0, 0.05) is 58.9 Å². The van der Waals surface area contributed by atoms with Gasteiger partial charge >= 0.3 is 65.7 Å². The monoisotopic (exact) mass is 1030 g/mol. The molecule has 1 aliphatic heterocycles. The van der Waals surface area contributed by atoms with Crippen molar-refractivity contribution in [2.75, 3.05) is 72.1 Å². The average molecular weight is 1030 g/mol. The van der Waals surface area contributed by atoms with Gasteiger partial charge in [-0.15, -0.1) is 0 Å². The largest absolute Gasteiger partial charge is 3.00 e. The number of aliphatic carboxylic acids is 3. The number of amides is 1. The average Bonchev–Trinajstić information content (AvgIpc) is 3.11. The standard InChI is InChI=1S/C44H70N5O11P.Gd/c1-27(2)39(42(51)52)47-15-13-46(14-16-48(40(28(3)4)43(53)54)18-20-49(19-17-47)41(29(5)6)44(55)56)26-37(50)45-12-21-59-61(57,58)60-36-25-31(8)35(24-32(36)9)38-33(10)22-30(7)23-34(38)11;/h22-25,27-29,39-41H,12-21,26H2,1-11H3,(H,45,50)(H,51,52)(H,53,54)(H,55,56)(H,57,58);/q;+3/t39-,40-,41-;/m1./s1. The first-order valence-electron chi connectivity index (χ1n) is 21.2. The molecule has 16 nitrogen and oxygen atoms in total. The summed E-state index contributed by atoms with van der Waals surface area (Å²) < 4.78 is 23.8. The number of hydrogen-bond acceptors (Lipinski definition) is 11. The van der Waals surface area contributed by atoms with Crippen molar-refractivity contribution in [2.24, 2.45) is 17.8 Å². The third-order valence-electron chi connectivity index (χ3n) is 11.3. The van der Waals surface area contributed by atoms with E-state index in [4.69, 9.17) is 9.05 Å². The number of phosphoric ester groups is 1. The molecule has 0 spiro atoms. The number of phosphoric acid groups is 1. The van der Waals surface area contributed by atoms with E-state index in [1.807, 2.05) is 81.1 Å². The van der Waals surface area contributed by atoms with E-state index in [2.05, 4.69) is 31.3 Å². The molecule has 2 aromatic carbocycles. The first-order valence-corrected chi connectivity index (χ1v) is 22.7. The molecule has 3 rings (SSSR count). The number of carboxylic acid groups (broad SMARTS) is 3. The van der Waals surface area contributed by atoms with E-state index in [9.17, 15) is 44.0 Å². The fourth-order valence-electron chi connectivity index (χ4n) is 8.61. The predicted molar refractivity (Wildman–Crippen MR) is 235 cm³/mol. The second-order valence-corrected chi connectivity index (χ2v) is 18.8. The summed E-state index contributed by atoms with van der Waals surface area (Å²) in [6.45, 7) is 22.1. The summed E-state index contributed by atoms with van der Waals surface area (Å²) in [5.74, 6) is -4.07.